The zero-order chi connectivity index (χ0) is 24.6. The van der Waals surface area contributed by atoms with Gasteiger partial charge in [-0.3, -0.25) is 4.79 Å². The van der Waals surface area contributed by atoms with Gasteiger partial charge >= 0.3 is 6.09 Å². The molecule has 184 valence electrons. The van der Waals surface area contributed by atoms with Gasteiger partial charge in [-0.15, -0.1) is 0 Å². The van der Waals surface area contributed by atoms with Crippen molar-refractivity contribution in [2.24, 2.45) is 5.92 Å². The van der Waals surface area contributed by atoms with Gasteiger partial charge in [0.05, 0.1) is 0 Å². The van der Waals surface area contributed by atoms with Crippen molar-refractivity contribution in [1.82, 2.24) is 10.6 Å². The lowest BCUT2D eigenvalue weighted by Gasteiger charge is -2.29. The molecule has 0 saturated heterocycles. The minimum atomic E-state index is -0.717. The van der Waals surface area contributed by atoms with Crippen LogP contribution in [0.15, 0.2) is 54.6 Å². The highest BCUT2D eigenvalue weighted by molar-refractivity contribution is 5.86. The van der Waals surface area contributed by atoms with Crippen LogP contribution in [-0.4, -0.2) is 29.7 Å². The summed E-state index contributed by atoms with van der Waals surface area (Å²) in [6.45, 7) is 8.15. The number of alkyl carbamates (subject to hydrolysis) is 1. The van der Waals surface area contributed by atoms with Crippen LogP contribution < -0.4 is 15.4 Å². The Morgan fingerprint density at radius 3 is 2.21 bits per heavy atom. The van der Waals surface area contributed by atoms with E-state index in [2.05, 4.69) is 17.6 Å². The Labute approximate surface area is 203 Å². The quantitative estimate of drug-likeness (QED) is 0.546. The largest absolute Gasteiger partial charge is 0.489 e. The van der Waals surface area contributed by atoms with Crippen LogP contribution >= 0.6 is 0 Å². The third-order valence-electron chi connectivity index (χ3n) is 5.98. The summed E-state index contributed by atoms with van der Waals surface area (Å²) in [7, 11) is 0. The summed E-state index contributed by atoms with van der Waals surface area (Å²) in [6.07, 6.45) is 3.94. The number of carbonyl (C=O) groups is 2. The number of hydrogen-bond acceptors (Lipinski definition) is 4. The van der Waals surface area contributed by atoms with E-state index in [0.717, 1.165) is 42.6 Å². The van der Waals surface area contributed by atoms with Crippen LogP contribution in [0.2, 0.25) is 0 Å². The first-order valence-electron chi connectivity index (χ1n) is 12.2. The summed E-state index contributed by atoms with van der Waals surface area (Å²) in [6, 6.07) is 17.1. The second kappa shape index (κ2) is 11.9. The first-order chi connectivity index (χ1) is 16.2. The van der Waals surface area contributed by atoms with Gasteiger partial charge in [0.2, 0.25) is 5.91 Å². The van der Waals surface area contributed by atoms with Crippen molar-refractivity contribution >= 4 is 12.0 Å². The molecule has 0 aliphatic heterocycles. The van der Waals surface area contributed by atoms with Crippen LogP contribution in [0.1, 0.15) is 64.5 Å². The average Bonchev–Trinajstić information content (AvgIpc) is 2.79. The fourth-order valence-corrected chi connectivity index (χ4v) is 4.06. The topological polar surface area (TPSA) is 76.7 Å². The normalized spacial score (nSPS) is 19.1. The smallest absolute Gasteiger partial charge is 0.408 e. The van der Waals surface area contributed by atoms with Gasteiger partial charge in [0.15, 0.2) is 0 Å². The van der Waals surface area contributed by atoms with Gasteiger partial charge in [-0.05, 0) is 75.6 Å². The molecule has 6 heteroatoms. The molecule has 3 rings (SSSR count). The Hall–Kier alpha value is -3.02. The Bertz CT molecular complexity index is 914. The highest BCUT2D eigenvalue weighted by Gasteiger charge is 2.27. The molecular weight excluding hydrogens is 428 g/mol. The van der Waals surface area contributed by atoms with E-state index in [-0.39, 0.29) is 11.9 Å². The predicted molar refractivity (Wildman–Crippen MR) is 134 cm³/mol. The SMILES string of the molecule is CC1CCC(NC(=O)[C@H](Cc2ccc(OCc3ccccc3)cc2)NC(=O)OC(C)(C)C)CC1. The molecule has 1 atom stereocenters. The molecule has 2 aromatic rings. The van der Waals surface area contributed by atoms with Crippen LogP contribution in [0.25, 0.3) is 0 Å². The van der Waals surface area contributed by atoms with Crippen molar-refractivity contribution < 1.29 is 19.1 Å². The molecule has 1 fully saturated rings. The zero-order valence-corrected chi connectivity index (χ0v) is 20.8. The lowest BCUT2D eigenvalue weighted by molar-refractivity contribution is -0.124. The molecule has 0 bridgehead atoms. The third-order valence-corrected chi connectivity index (χ3v) is 5.98. The second-order valence-electron chi connectivity index (χ2n) is 10.3. The molecule has 0 radical (unpaired) electrons. The number of ether oxygens (including phenoxy) is 2. The Morgan fingerprint density at radius 2 is 1.59 bits per heavy atom. The summed E-state index contributed by atoms with van der Waals surface area (Å²) < 4.78 is 11.3. The first kappa shape index (κ1) is 25.6. The number of hydrogen-bond donors (Lipinski definition) is 2. The molecule has 34 heavy (non-hydrogen) atoms. The van der Waals surface area contributed by atoms with E-state index < -0.39 is 17.7 Å². The Morgan fingerprint density at radius 1 is 0.941 bits per heavy atom. The minimum absolute atomic E-state index is 0.153. The lowest BCUT2D eigenvalue weighted by atomic mass is 9.87. The van der Waals surface area contributed by atoms with E-state index in [0.29, 0.717) is 18.9 Å². The predicted octanol–water partition coefficient (Wildman–Crippen LogP) is 5.40. The number of amides is 2. The lowest BCUT2D eigenvalue weighted by Crippen LogP contribution is -2.52. The minimum Gasteiger partial charge on any atom is -0.489 e. The molecule has 0 heterocycles. The summed E-state index contributed by atoms with van der Waals surface area (Å²) in [5, 5.41) is 5.92. The molecular formula is C28H38N2O4. The van der Waals surface area contributed by atoms with Gasteiger partial charge in [-0.25, -0.2) is 4.79 Å². The number of benzene rings is 2. The zero-order valence-electron chi connectivity index (χ0n) is 20.8. The van der Waals surface area contributed by atoms with E-state index in [1.807, 2.05) is 54.6 Å². The monoisotopic (exact) mass is 466 g/mol. The molecule has 2 amide bonds. The molecule has 6 nitrogen and oxygen atoms in total. The van der Waals surface area contributed by atoms with Gasteiger partial charge in [0, 0.05) is 12.5 Å². The van der Waals surface area contributed by atoms with E-state index in [1.54, 1.807) is 20.8 Å². The highest BCUT2D eigenvalue weighted by Crippen LogP contribution is 2.23. The van der Waals surface area contributed by atoms with Crippen molar-refractivity contribution in [3.05, 3.63) is 65.7 Å². The summed E-state index contributed by atoms with van der Waals surface area (Å²) in [4.78, 5) is 25.6. The molecule has 0 unspecified atom stereocenters. The number of carbonyl (C=O) groups excluding carboxylic acids is 2. The molecule has 0 spiro atoms. The van der Waals surface area contributed by atoms with Gasteiger partial charge < -0.3 is 20.1 Å². The van der Waals surface area contributed by atoms with Crippen LogP contribution in [0.4, 0.5) is 4.79 Å². The van der Waals surface area contributed by atoms with Crippen molar-refractivity contribution in [3.8, 4) is 5.75 Å². The van der Waals surface area contributed by atoms with E-state index in [4.69, 9.17) is 9.47 Å². The summed E-state index contributed by atoms with van der Waals surface area (Å²) >= 11 is 0. The van der Waals surface area contributed by atoms with Gasteiger partial charge in [0.1, 0.15) is 24.0 Å². The summed E-state index contributed by atoms with van der Waals surface area (Å²) in [5.74, 6) is 1.28. The van der Waals surface area contributed by atoms with Crippen LogP contribution in [0.3, 0.4) is 0 Å². The van der Waals surface area contributed by atoms with E-state index >= 15 is 0 Å². The highest BCUT2D eigenvalue weighted by atomic mass is 16.6. The van der Waals surface area contributed by atoms with Crippen molar-refractivity contribution in [3.63, 3.8) is 0 Å². The molecule has 2 N–H and O–H groups in total. The number of nitrogens with one attached hydrogen (secondary N) is 2. The maximum absolute atomic E-state index is 13.1. The molecule has 1 saturated carbocycles. The first-order valence-corrected chi connectivity index (χ1v) is 12.2. The molecule has 2 aromatic carbocycles. The third kappa shape index (κ3) is 8.73. The van der Waals surface area contributed by atoms with Crippen LogP contribution in [0, 0.1) is 5.92 Å². The fourth-order valence-electron chi connectivity index (χ4n) is 4.06. The second-order valence-corrected chi connectivity index (χ2v) is 10.3. The fraction of sp³-hybridized carbons (Fsp3) is 0.500. The van der Waals surface area contributed by atoms with E-state index in [1.165, 1.54) is 0 Å². The van der Waals surface area contributed by atoms with Gasteiger partial charge in [-0.2, -0.15) is 0 Å². The summed E-state index contributed by atoms with van der Waals surface area (Å²) in [5.41, 5.74) is 1.39. The standard InChI is InChI=1S/C28H38N2O4/c1-20-10-14-23(15-11-20)29-26(31)25(30-27(32)34-28(2,3)4)18-21-12-16-24(17-13-21)33-19-22-8-6-5-7-9-22/h5-9,12-13,16-17,20,23,25H,10-11,14-15,18-19H2,1-4H3,(H,29,31)(H,30,32)/t20?,23?,25-/m0/s1. The molecule has 0 aromatic heterocycles. The maximum atomic E-state index is 13.1. The maximum Gasteiger partial charge on any atom is 0.408 e. The average molecular weight is 467 g/mol. The van der Waals surface area contributed by atoms with E-state index in [9.17, 15) is 9.59 Å². The number of rotatable bonds is 8. The Kier molecular flexibility index (Phi) is 8.97. The van der Waals surface area contributed by atoms with Crippen molar-refractivity contribution in [1.29, 1.82) is 0 Å². The molecule has 1 aliphatic carbocycles. The Balaban J connectivity index is 1.62. The molecule has 1 aliphatic rings. The van der Waals surface area contributed by atoms with Gasteiger partial charge in [-0.1, -0.05) is 49.4 Å². The van der Waals surface area contributed by atoms with Gasteiger partial charge in [0.25, 0.3) is 0 Å². The van der Waals surface area contributed by atoms with Crippen molar-refractivity contribution in [2.75, 3.05) is 0 Å². The van der Waals surface area contributed by atoms with Crippen LogP contribution in [-0.2, 0) is 22.6 Å². The van der Waals surface area contributed by atoms with Crippen LogP contribution in [0.5, 0.6) is 5.75 Å². The van der Waals surface area contributed by atoms with Crippen molar-refractivity contribution in [2.45, 2.75) is 84.1 Å².